The van der Waals surface area contributed by atoms with Gasteiger partial charge in [-0.05, 0) is 11.6 Å². The maximum atomic E-state index is 13.0. The van der Waals surface area contributed by atoms with Gasteiger partial charge in [-0.2, -0.15) is 16.8 Å². The molecule has 0 fully saturated rings. The summed E-state index contributed by atoms with van der Waals surface area (Å²) in [6, 6.07) is 14.2. The topological polar surface area (TPSA) is 143 Å². The van der Waals surface area contributed by atoms with Gasteiger partial charge in [0, 0.05) is 22.3 Å². The molecule has 0 amide bonds. The maximum absolute atomic E-state index is 13.0. The van der Waals surface area contributed by atoms with Gasteiger partial charge in [-0.3, -0.25) is 18.7 Å². The van der Waals surface area contributed by atoms with Crippen molar-refractivity contribution in [2.75, 3.05) is 0 Å². The average Bonchev–Trinajstić information content (AvgIpc) is 2.70. The van der Waals surface area contributed by atoms with Crippen molar-refractivity contribution < 1.29 is 35.5 Å². The molecular formula is C20H12O8S2. The molecule has 152 valence electrons. The molecule has 3 aromatic rings. The Labute approximate surface area is 171 Å². The van der Waals surface area contributed by atoms with Crippen LogP contribution in [0.4, 0.5) is 0 Å². The van der Waals surface area contributed by atoms with Crippen molar-refractivity contribution >= 4 is 31.8 Å². The van der Waals surface area contributed by atoms with E-state index in [0.717, 1.165) is 6.07 Å². The molecule has 0 unspecified atom stereocenters. The predicted octanol–water partition coefficient (Wildman–Crippen LogP) is 2.62. The second kappa shape index (κ2) is 6.67. The molecule has 0 aliphatic heterocycles. The maximum Gasteiger partial charge on any atom is 0.296 e. The van der Waals surface area contributed by atoms with Crippen LogP contribution in [0.3, 0.4) is 0 Å². The van der Waals surface area contributed by atoms with Crippen molar-refractivity contribution in [3.05, 3.63) is 82.9 Å². The number of carbonyl (C=O) groups excluding carboxylic acids is 2. The van der Waals surface area contributed by atoms with Crippen LogP contribution in [0.1, 0.15) is 31.8 Å². The van der Waals surface area contributed by atoms with E-state index in [9.17, 15) is 35.5 Å². The predicted molar refractivity (Wildman–Crippen MR) is 105 cm³/mol. The van der Waals surface area contributed by atoms with Crippen molar-refractivity contribution in [3.63, 3.8) is 0 Å². The largest absolute Gasteiger partial charge is 0.296 e. The summed E-state index contributed by atoms with van der Waals surface area (Å²) >= 11 is 0. The summed E-state index contributed by atoms with van der Waals surface area (Å²) in [5, 5.41) is 0. The van der Waals surface area contributed by atoms with Gasteiger partial charge in [0.2, 0.25) is 0 Å². The molecule has 1 aliphatic carbocycles. The summed E-state index contributed by atoms with van der Waals surface area (Å²) in [4.78, 5) is 23.6. The van der Waals surface area contributed by atoms with Crippen LogP contribution in [-0.4, -0.2) is 37.5 Å². The number of fused-ring (bicyclic) bond motifs is 2. The monoisotopic (exact) mass is 444 g/mol. The zero-order chi connectivity index (χ0) is 21.8. The molecule has 0 heterocycles. The Morgan fingerprint density at radius 2 is 1.07 bits per heavy atom. The molecule has 8 nitrogen and oxygen atoms in total. The third-order valence-electron chi connectivity index (χ3n) is 4.72. The minimum Gasteiger partial charge on any atom is -0.289 e. The fourth-order valence-electron chi connectivity index (χ4n) is 3.54. The van der Waals surface area contributed by atoms with E-state index in [2.05, 4.69) is 0 Å². The van der Waals surface area contributed by atoms with Crippen LogP contribution >= 0.6 is 0 Å². The smallest absolute Gasteiger partial charge is 0.289 e. The van der Waals surface area contributed by atoms with Gasteiger partial charge in [-0.25, -0.2) is 0 Å². The number of ketones is 2. The zero-order valence-electron chi connectivity index (χ0n) is 14.9. The molecular weight excluding hydrogens is 432 g/mol. The van der Waals surface area contributed by atoms with Gasteiger partial charge < -0.3 is 0 Å². The Kier molecular flexibility index (Phi) is 4.47. The van der Waals surface area contributed by atoms with E-state index in [1.165, 1.54) is 48.5 Å². The fraction of sp³-hybridized carbons (Fsp3) is 0. The summed E-state index contributed by atoms with van der Waals surface area (Å²) in [5.74, 6) is -1.68. The van der Waals surface area contributed by atoms with Crippen LogP contribution in [0.15, 0.2) is 70.5 Å². The fourth-order valence-corrected chi connectivity index (χ4v) is 5.77. The van der Waals surface area contributed by atoms with E-state index < -0.39 is 52.7 Å². The summed E-state index contributed by atoms with van der Waals surface area (Å²) in [5.41, 5.74) is -1.52. The summed E-state index contributed by atoms with van der Waals surface area (Å²) < 4.78 is 68.5. The van der Waals surface area contributed by atoms with Gasteiger partial charge in [0.15, 0.2) is 11.6 Å². The number of hydrogen-bond donors (Lipinski definition) is 2. The number of benzene rings is 3. The minimum atomic E-state index is -5.36. The van der Waals surface area contributed by atoms with Gasteiger partial charge >= 0.3 is 0 Å². The molecule has 10 heteroatoms. The first kappa shape index (κ1) is 20.1. The first-order chi connectivity index (χ1) is 14.0. The Morgan fingerprint density at radius 1 is 0.567 bits per heavy atom. The molecule has 2 N–H and O–H groups in total. The van der Waals surface area contributed by atoms with Gasteiger partial charge in [0.05, 0.1) is 5.56 Å². The summed E-state index contributed by atoms with van der Waals surface area (Å²) in [6.45, 7) is 0. The lowest BCUT2D eigenvalue weighted by Gasteiger charge is -2.22. The molecule has 0 radical (unpaired) electrons. The van der Waals surface area contributed by atoms with Gasteiger partial charge in [0.25, 0.3) is 20.2 Å². The van der Waals surface area contributed by atoms with Gasteiger partial charge in [0.1, 0.15) is 9.79 Å². The molecule has 0 bridgehead atoms. The van der Waals surface area contributed by atoms with Crippen molar-refractivity contribution in [1.29, 1.82) is 0 Å². The molecule has 4 rings (SSSR count). The molecule has 30 heavy (non-hydrogen) atoms. The normalized spacial score (nSPS) is 13.7. The second-order valence-corrected chi connectivity index (χ2v) is 9.24. The molecule has 0 atom stereocenters. The SMILES string of the molecule is O=C1c2ccccc2C(=O)c2c1cc(-c1ccccc1)c(S(=O)(=O)O)c2S(=O)(=O)O. The second-order valence-electron chi connectivity index (χ2n) is 6.52. The first-order valence-electron chi connectivity index (χ1n) is 8.41. The van der Waals surface area contributed by atoms with E-state index in [1.807, 2.05) is 0 Å². The van der Waals surface area contributed by atoms with Crippen molar-refractivity contribution in [2.45, 2.75) is 9.79 Å². The van der Waals surface area contributed by atoms with Crippen molar-refractivity contribution in [2.24, 2.45) is 0 Å². The first-order valence-corrected chi connectivity index (χ1v) is 11.3. The Hall–Kier alpha value is -3.18. The Bertz CT molecular complexity index is 1450. The zero-order valence-corrected chi connectivity index (χ0v) is 16.6. The average molecular weight is 444 g/mol. The summed E-state index contributed by atoms with van der Waals surface area (Å²) in [7, 11) is -10.6. The third kappa shape index (κ3) is 3.06. The van der Waals surface area contributed by atoms with Gasteiger partial charge in [-0.1, -0.05) is 54.6 Å². The van der Waals surface area contributed by atoms with Crippen LogP contribution in [0.5, 0.6) is 0 Å². The highest BCUT2D eigenvalue weighted by Crippen LogP contribution is 2.41. The van der Waals surface area contributed by atoms with Crippen molar-refractivity contribution in [3.8, 4) is 11.1 Å². The number of rotatable bonds is 3. The van der Waals surface area contributed by atoms with E-state index in [-0.39, 0.29) is 22.3 Å². The number of carbonyl (C=O) groups is 2. The molecule has 0 aromatic heterocycles. The highest BCUT2D eigenvalue weighted by Gasteiger charge is 2.40. The number of hydrogen-bond acceptors (Lipinski definition) is 6. The van der Waals surface area contributed by atoms with Crippen LogP contribution < -0.4 is 0 Å². The quantitative estimate of drug-likeness (QED) is 0.459. The minimum absolute atomic E-state index is 0.00917. The third-order valence-corrected chi connectivity index (χ3v) is 6.72. The Morgan fingerprint density at radius 3 is 1.60 bits per heavy atom. The van der Waals surface area contributed by atoms with E-state index in [4.69, 9.17) is 0 Å². The van der Waals surface area contributed by atoms with Crippen LogP contribution in [0, 0.1) is 0 Å². The van der Waals surface area contributed by atoms with Crippen LogP contribution in [0.25, 0.3) is 11.1 Å². The highest BCUT2D eigenvalue weighted by molar-refractivity contribution is 7.89. The lowest BCUT2D eigenvalue weighted by Crippen LogP contribution is -2.26. The molecule has 0 spiro atoms. The van der Waals surface area contributed by atoms with E-state index in [1.54, 1.807) is 6.07 Å². The van der Waals surface area contributed by atoms with Crippen molar-refractivity contribution in [1.82, 2.24) is 0 Å². The lowest BCUT2D eigenvalue weighted by molar-refractivity contribution is 0.0976. The Balaban J connectivity index is 2.26. The molecule has 3 aromatic carbocycles. The standard InChI is InChI=1S/C20H12O8S2/c21-17-12-8-4-5-9-13(12)18(22)16-15(17)10-14(11-6-2-1-3-7-11)19(29(23,24)25)20(16)30(26,27)28/h1-10H,(H,23,24,25)(H,26,27,28). The summed E-state index contributed by atoms with van der Waals surface area (Å²) in [6.07, 6.45) is 0. The lowest BCUT2D eigenvalue weighted by atomic mass is 9.82. The van der Waals surface area contributed by atoms with E-state index >= 15 is 0 Å². The van der Waals surface area contributed by atoms with Gasteiger partial charge in [-0.15, -0.1) is 0 Å². The molecule has 1 aliphatic rings. The molecule has 0 saturated carbocycles. The molecule has 0 saturated heterocycles. The van der Waals surface area contributed by atoms with E-state index in [0.29, 0.717) is 0 Å². The van der Waals surface area contributed by atoms with Crippen LogP contribution in [0.2, 0.25) is 0 Å². The highest BCUT2D eigenvalue weighted by atomic mass is 32.2. The van der Waals surface area contributed by atoms with Crippen LogP contribution in [-0.2, 0) is 20.2 Å².